The fourth-order valence-corrected chi connectivity index (χ4v) is 1.36. The normalized spacial score (nSPS) is 10.5. The molecule has 0 spiro atoms. The summed E-state index contributed by atoms with van der Waals surface area (Å²) in [5.74, 6) is 0. The number of nitrogens with one attached hydrogen (secondary N) is 1. The summed E-state index contributed by atoms with van der Waals surface area (Å²) in [7, 11) is 0. The molecule has 0 unspecified atom stereocenters. The van der Waals surface area contributed by atoms with E-state index < -0.39 is 4.92 Å². The van der Waals surface area contributed by atoms with Gasteiger partial charge in [-0.3, -0.25) is 15.5 Å². The van der Waals surface area contributed by atoms with Crippen LogP contribution in [-0.2, 0) is 0 Å². The van der Waals surface area contributed by atoms with Crippen LogP contribution in [0.2, 0.25) is 10.0 Å². The van der Waals surface area contributed by atoms with E-state index in [0.717, 1.165) is 6.07 Å². The summed E-state index contributed by atoms with van der Waals surface area (Å²) in [6.07, 6.45) is 1.18. The molecule has 0 aromatic heterocycles. The van der Waals surface area contributed by atoms with Gasteiger partial charge in [0.05, 0.1) is 26.7 Å². The van der Waals surface area contributed by atoms with Crippen LogP contribution in [0.4, 0.5) is 5.69 Å². The van der Waals surface area contributed by atoms with Crippen LogP contribution in [0.5, 0.6) is 0 Å². The lowest BCUT2D eigenvalue weighted by Gasteiger charge is -2.00. The van der Waals surface area contributed by atoms with Gasteiger partial charge in [0, 0.05) is 6.07 Å². The molecule has 0 fully saturated rings. The van der Waals surface area contributed by atoms with E-state index in [1.807, 2.05) is 0 Å². The number of nitro groups is 1. The molecule has 1 aromatic carbocycles. The van der Waals surface area contributed by atoms with Crippen molar-refractivity contribution in [1.82, 2.24) is 5.43 Å². The van der Waals surface area contributed by atoms with Crippen molar-refractivity contribution in [3.8, 4) is 0 Å². The highest BCUT2D eigenvalue weighted by molar-refractivity contribution is 7.80. The highest BCUT2D eigenvalue weighted by Crippen LogP contribution is 2.29. The fourth-order valence-electron chi connectivity index (χ4n) is 0.979. The van der Waals surface area contributed by atoms with Crippen molar-refractivity contribution in [2.75, 3.05) is 0 Å². The number of hydrazone groups is 1. The predicted octanol–water partition coefficient (Wildman–Crippen LogP) is 2.07. The topological polar surface area (TPSA) is 93.5 Å². The van der Waals surface area contributed by atoms with Crippen LogP contribution < -0.4 is 11.2 Å². The maximum absolute atomic E-state index is 10.8. The Morgan fingerprint density at radius 1 is 1.53 bits per heavy atom. The van der Waals surface area contributed by atoms with Crippen LogP contribution in [0.25, 0.3) is 0 Å². The number of hydrogen-bond acceptors (Lipinski definition) is 4. The Bertz CT molecular complexity index is 507. The second-order valence-electron chi connectivity index (χ2n) is 2.82. The van der Waals surface area contributed by atoms with Gasteiger partial charge in [0.2, 0.25) is 0 Å². The highest BCUT2D eigenvalue weighted by Gasteiger charge is 2.15. The van der Waals surface area contributed by atoms with Crippen LogP contribution in [0.3, 0.4) is 0 Å². The number of nitrogens with two attached hydrogens (primary N) is 1. The summed E-state index contributed by atoms with van der Waals surface area (Å²) in [5, 5.41) is 14.6. The van der Waals surface area contributed by atoms with Gasteiger partial charge < -0.3 is 5.73 Å². The van der Waals surface area contributed by atoms with Gasteiger partial charge in [0.1, 0.15) is 0 Å². The van der Waals surface area contributed by atoms with Gasteiger partial charge in [-0.25, -0.2) is 0 Å². The van der Waals surface area contributed by atoms with Gasteiger partial charge >= 0.3 is 0 Å². The lowest BCUT2D eigenvalue weighted by molar-refractivity contribution is -0.385. The van der Waals surface area contributed by atoms with E-state index in [0.29, 0.717) is 0 Å². The molecule has 0 radical (unpaired) electrons. The first-order valence-electron chi connectivity index (χ1n) is 4.13. The van der Waals surface area contributed by atoms with Crippen molar-refractivity contribution in [3.63, 3.8) is 0 Å². The van der Waals surface area contributed by atoms with Crippen molar-refractivity contribution in [3.05, 3.63) is 37.9 Å². The number of halogens is 2. The molecule has 1 rings (SSSR count). The molecule has 0 saturated heterocycles. The molecule has 0 aliphatic rings. The SMILES string of the molecule is NC(=S)NN=Cc1cc(Cl)c(Cl)cc1[N+](=O)[O-]. The van der Waals surface area contributed by atoms with E-state index in [1.165, 1.54) is 12.3 Å². The van der Waals surface area contributed by atoms with Gasteiger partial charge in [-0.2, -0.15) is 5.10 Å². The van der Waals surface area contributed by atoms with Gasteiger partial charge in [-0.1, -0.05) is 23.2 Å². The monoisotopic (exact) mass is 292 g/mol. The maximum atomic E-state index is 10.8. The zero-order chi connectivity index (χ0) is 13.0. The summed E-state index contributed by atoms with van der Waals surface area (Å²) < 4.78 is 0. The molecular weight excluding hydrogens is 287 g/mol. The Balaban J connectivity index is 3.13. The lowest BCUT2D eigenvalue weighted by atomic mass is 10.2. The van der Waals surface area contributed by atoms with Crippen LogP contribution in [-0.4, -0.2) is 16.3 Å². The number of rotatable bonds is 3. The Kier molecular flexibility index (Phi) is 4.62. The minimum absolute atomic E-state index is 0.0519. The second-order valence-corrected chi connectivity index (χ2v) is 4.07. The Morgan fingerprint density at radius 3 is 2.65 bits per heavy atom. The van der Waals surface area contributed by atoms with Gasteiger partial charge in [-0.15, -0.1) is 0 Å². The maximum Gasteiger partial charge on any atom is 0.279 e. The third kappa shape index (κ3) is 3.81. The van der Waals surface area contributed by atoms with E-state index in [2.05, 4.69) is 22.7 Å². The average molecular weight is 293 g/mol. The third-order valence-corrected chi connectivity index (χ3v) is 2.46. The quantitative estimate of drug-likeness (QED) is 0.385. The van der Waals surface area contributed by atoms with Crippen molar-refractivity contribution >= 4 is 52.4 Å². The van der Waals surface area contributed by atoms with Gasteiger partial charge in [0.15, 0.2) is 5.11 Å². The highest BCUT2D eigenvalue weighted by atomic mass is 35.5. The van der Waals surface area contributed by atoms with Gasteiger partial charge in [-0.05, 0) is 18.3 Å². The Labute approximate surface area is 112 Å². The summed E-state index contributed by atoms with van der Waals surface area (Å²) in [5.41, 5.74) is 7.38. The Hall–Kier alpha value is -1.44. The number of thiocarbonyl (C=S) groups is 1. The molecule has 0 bridgehead atoms. The van der Waals surface area contributed by atoms with Crippen molar-refractivity contribution < 1.29 is 4.92 Å². The molecule has 1 aromatic rings. The summed E-state index contributed by atoms with van der Waals surface area (Å²) in [6.45, 7) is 0. The molecular formula is C8H6Cl2N4O2S. The smallest absolute Gasteiger partial charge is 0.279 e. The molecule has 90 valence electrons. The van der Waals surface area contributed by atoms with Crippen molar-refractivity contribution in [2.45, 2.75) is 0 Å². The Morgan fingerprint density at radius 2 is 2.12 bits per heavy atom. The van der Waals surface area contributed by atoms with Crippen LogP contribution in [0, 0.1) is 10.1 Å². The van der Waals surface area contributed by atoms with Crippen LogP contribution in [0.1, 0.15) is 5.56 Å². The molecule has 17 heavy (non-hydrogen) atoms. The molecule has 9 heteroatoms. The second kappa shape index (κ2) is 5.76. The molecule has 0 aliphatic carbocycles. The predicted molar refractivity (Wildman–Crippen MR) is 70.6 cm³/mol. The molecule has 0 atom stereocenters. The zero-order valence-corrected chi connectivity index (χ0v) is 10.5. The first-order chi connectivity index (χ1) is 7.91. The largest absolute Gasteiger partial charge is 0.375 e. The van der Waals surface area contributed by atoms with E-state index in [4.69, 9.17) is 28.9 Å². The number of hydrogen-bond donors (Lipinski definition) is 2. The summed E-state index contributed by atoms with van der Waals surface area (Å²) >= 11 is 15.9. The number of nitrogens with zero attached hydrogens (tertiary/aromatic N) is 2. The van der Waals surface area contributed by atoms with Crippen molar-refractivity contribution in [2.24, 2.45) is 10.8 Å². The summed E-state index contributed by atoms with van der Waals surface area (Å²) in [4.78, 5) is 10.2. The van der Waals surface area contributed by atoms with E-state index in [9.17, 15) is 10.1 Å². The van der Waals surface area contributed by atoms with E-state index >= 15 is 0 Å². The number of nitro benzene ring substituents is 1. The number of benzene rings is 1. The molecule has 6 nitrogen and oxygen atoms in total. The molecule has 0 amide bonds. The first kappa shape index (κ1) is 13.6. The van der Waals surface area contributed by atoms with Crippen LogP contribution >= 0.6 is 35.4 Å². The minimum Gasteiger partial charge on any atom is -0.375 e. The van der Waals surface area contributed by atoms with Crippen molar-refractivity contribution in [1.29, 1.82) is 0 Å². The fraction of sp³-hybridized carbons (Fsp3) is 0. The average Bonchev–Trinajstić information content (AvgIpc) is 2.22. The molecule has 0 saturated carbocycles. The zero-order valence-electron chi connectivity index (χ0n) is 8.18. The molecule has 3 N–H and O–H groups in total. The van der Waals surface area contributed by atoms with Crippen LogP contribution in [0.15, 0.2) is 17.2 Å². The standard InChI is InChI=1S/C8H6Cl2N4O2S/c9-5-1-4(3-12-13-8(11)17)7(14(15)16)2-6(5)10/h1-3H,(H3,11,13,17). The van der Waals surface area contributed by atoms with E-state index in [1.54, 1.807) is 0 Å². The van der Waals surface area contributed by atoms with E-state index in [-0.39, 0.29) is 26.4 Å². The summed E-state index contributed by atoms with van der Waals surface area (Å²) in [6, 6.07) is 2.47. The first-order valence-corrected chi connectivity index (χ1v) is 5.30. The lowest BCUT2D eigenvalue weighted by Crippen LogP contribution is -2.24. The third-order valence-electron chi connectivity index (χ3n) is 1.64. The van der Waals surface area contributed by atoms with Gasteiger partial charge in [0.25, 0.3) is 5.69 Å². The molecule has 0 heterocycles. The minimum atomic E-state index is -0.593. The molecule has 0 aliphatic heterocycles.